The van der Waals surface area contributed by atoms with Gasteiger partial charge in [0.05, 0.1) is 6.33 Å². The Morgan fingerprint density at radius 3 is 3.00 bits per heavy atom. The molecule has 96 valence electrons. The summed E-state index contributed by atoms with van der Waals surface area (Å²) < 4.78 is 0. The fourth-order valence-corrected chi connectivity index (χ4v) is 3.09. The van der Waals surface area contributed by atoms with Crippen molar-refractivity contribution in [3.63, 3.8) is 0 Å². The molecule has 0 fully saturated rings. The van der Waals surface area contributed by atoms with Gasteiger partial charge in [-0.15, -0.1) is 0 Å². The predicted octanol–water partition coefficient (Wildman–Crippen LogP) is 2.62. The van der Waals surface area contributed by atoms with Crippen molar-refractivity contribution in [2.24, 2.45) is 5.73 Å². The summed E-state index contributed by atoms with van der Waals surface area (Å²) in [5, 5.41) is 1.47. The topological polar surface area (TPSA) is 80.5 Å². The molecule has 0 aliphatic heterocycles. The third-order valence-electron chi connectivity index (χ3n) is 2.67. The molecule has 3 N–H and O–H groups in total. The molecule has 3 rings (SSSR count). The van der Waals surface area contributed by atoms with E-state index in [2.05, 4.69) is 19.9 Å². The molecular weight excluding hydrogens is 282 g/mol. The number of aromatic amines is 1. The Labute approximate surface area is 118 Å². The maximum absolute atomic E-state index is 6.15. The van der Waals surface area contributed by atoms with E-state index in [4.69, 9.17) is 17.3 Å². The molecule has 1 aromatic carbocycles. The monoisotopic (exact) mass is 291 g/mol. The minimum Gasteiger partial charge on any atom is -0.341 e. The lowest BCUT2D eigenvalue weighted by molar-refractivity contribution is 1.02. The number of benzene rings is 1. The summed E-state index contributed by atoms with van der Waals surface area (Å²) in [6, 6.07) is 5.71. The molecule has 2 heterocycles. The Bertz CT molecular complexity index is 727. The van der Waals surface area contributed by atoms with E-state index in [1.54, 1.807) is 6.33 Å². The van der Waals surface area contributed by atoms with E-state index in [-0.39, 0.29) is 0 Å². The normalized spacial score (nSPS) is 11.1. The molecule has 0 amide bonds. The molecule has 0 saturated carbocycles. The number of aromatic nitrogens is 4. The molecular formula is C12H10ClN5S. The Hall–Kier alpha value is -1.63. The van der Waals surface area contributed by atoms with Crippen LogP contribution in [0.5, 0.6) is 0 Å². The summed E-state index contributed by atoms with van der Waals surface area (Å²) in [7, 11) is 0. The van der Waals surface area contributed by atoms with E-state index in [0.717, 1.165) is 21.0 Å². The zero-order chi connectivity index (χ0) is 13.2. The molecule has 0 aliphatic rings. The van der Waals surface area contributed by atoms with Crippen LogP contribution in [0.1, 0.15) is 5.56 Å². The van der Waals surface area contributed by atoms with E-state index in [0.29, 0.717) is 17.2 Å². The minimum absolute atomic E-state index is 0.388. The van der Waals surface area contributed by atoms with Gasteiger partial charge in [0.25, 0.3) is 0 Å². The third-order valence-corrected chi connectivity index (χ3v) is 4.13. The smallest absolute Gasteiger partial charge is 0.181 e. The molecule has 0 saturated heterocycles. The van der Waals surface area contributed by atoms with Gasteiger partial charge in [0.15, 0.2) is 5.65 Å². The van der Waals surface area contributed by atoms with Gasteiger partial charge in [0.2, 0.25) is 0 Å². The number of imidazole rings is 1. The van der Waals surface area contributed by atoms with Gasteiger partial charge in [0.1, 0.15) is 16.9 Å². The van der Waals surface area contributed by atoms with Gasteiger partial charge >= 0.3 is 0 Å². The molecule has 0 radical (unpaired) electrons. The Kier molecular flexibility index (Phi) is 3.37. The van der Waals surface area contributed by atoms with Crippen LogP contribution in [0.3, 0.4) is 0 Å². The number of nitrogens with one attached hydrogen (secondary N) is 1. The first kappa shape index (κ1) is 12.4. The van der Waals surface area contributed by atoms with Crippen LogP contribution in [0.25, 0.3) is 11.2 Å². The van der Waals surface area contributed by atoms with Crippen LogP contribution >= 0.6 is 23.4 Å². The Balaban J connectivity index is 2.06. The molecule has 3 aromatic rings. The second-order valence-corrected chi connectivity index (χ2v) is 5.24. The number of hydrogen-bond acceptors (Lipinski definition) is 5. The van der Waals surface area contributed by atoms with E-state index in [9.17, 15) is 0 Å². The van der Waals surface area contributed by atoms with Crippen molar-refractivity contribution in [3.05, 3.63) is 41.4 Å². The molecule has 0 aliphatic carbocycles. The van der Waals surface area contributed by atoms with Gasteiger partial charge in [-0.3, -0.25) is 0 Å². The van der Waals surface area contributed by atoms with E-state index in [1.165, 1.54) is 18.1 Å². The van der Waals surface area contributed by atoms with E-state index >= 15 is 0 Å². The fourth-order valence-electron chi connectivity index (χ4n) is 1.76. The third kappa shape index (κ3) is 2.30. The highest BCUT2D eigenvalue weighted by Crippen LogP contribution is 2.34. The van der Waals surface area contributed by atoms with Gasteiger partial charge in [-0.25, -0.2) is 15.0 Å². The zero-order valence-electron chi connectivity index (χ0n) is 9.80. The molecule has 0 spiro atoms. The average Bonchev–Trinajstić information content (AvgIpc) is 2.88. The number of fused-ring (bicyclic) bond motifs is 1. The summed E-state index contributed by atoms with van der Waals surface area (Å²) in [5.74, 6) is 0. The van der Waals surface area contributed by atoms with Gasteiger partial charge in [0, 0.05) is 16.5 Å². The standard InChI is InChI=1S/C12H10ClN5S/c13-8-2-1-3-9(7(8)4-14)19-12-10-11(16-5-15-10)17-6-18-12/h1-3,5-6H,4,14H2,(H,15,16,17,18). The minimum atomic E-state index is 0.388. The van der Waals surface area contributed by atoms with Gasteiger partial charge < -0.3 is 10.7 Å². The van der Waals surface area contributed by atoms with Crippen LogP contribution in [-0.4, -0.2) is 19.9 Å². The maximum atomic E-state index is 6.15. The van der Waals surface area contributed by atoms with Crippen LogP contribution in [-0.2, 0) is 6.54 Å². The van der Waals surface area contributed by atoms with Crippen LogP contribution in [0.2, 0.25) is 5.02 Å². The Morgan fingerprint density at radius 1 is 1.26 bits per heavy atom. The summed E-state index contributed by atoms with van der Waals surface area (Å²) in [5.41, 5.74) is 8.13. The van der Waals surface area contributed by atoms with Gasteiger partial charge in [-0.05, 0) is 17.7 Å². The number of rotatable bonds is 3. The average molecular weight is 292 g/mol. The molecule has 0 unspecified atom stereocenters. The molecule has 19 heavy (non-hydrogen) atoms. The summed E-state index contributed by atoms with van der Waals surface area (Å²) in [4.78, 5) is 16.5. The molecule has 0 bridgehead atoms. The molecule has 7 heteroatoms. The highest BCUT2D eigenvalue weighted by atomic mass is 35.5. The lowest BCUT2D eigenvalue weighted by Gasteiger charge is -2.08. The Morgan fingerprint density at radius 2 is 2.16 bits per heavy atom. The van der Waals surface area contributed by atoms with Crippen molar-refractivity contribution >= 4 is 34.5 Å². The van der Waals surface area contributed by atoms with Crippen LogP contribution < -0.4 is 5.73 Å². The first-order valence-corrected chi connectivity index (χ1v) is 6.78. The number of halogens is 1. The van der Waals surface area contributed by atoms with Crippen molar-refractivity contribution in [1.29, 1.82) is 0 Å². The predicted molar refractivity (Wildman–Crippen MR) is 75.2 cm³/mol. The highest BCUT2D eigenvalue weighted by molar-refractivity contribution is 7.99. The lowest BCUT2D eigenvalue weighted by atomic mass is 10.2. The van der Waals surface area contributed by atoms with Gasteiger partial charge in [-0.2, -0.15) is 0 Å². The summed E-state index contributed by atoms with van der Waals surface area (Å²) >= 11 is 7.65. The van der Waals surface area contributed by atoms with Crippen LogP contribution in [0, 0.1) is 0 Å². The second kappa shape index (κ2) is 5.16. The number of nitrogens with zero attached hydrogens (tertiary/aromatic N) is 3. The number of H-pyrrole nitrogens is 1. The van der Waals surface area contributed by atoms with E-state index in [1.807, 2.05) is 18.2 Å². The quantitative estimate of drug-likeness (QED) is 0.725. The van der Waals surface area contributed by atoms with Crippen LogP contribution in [0.15, 0.2) is 40.8 Å². The van der Waals surface area contributed by atoms with Crippen molar-refractivity contribution in [3.8, 4) is 0 Å². The second-order valence-electron chi connectivity index (χ2n) is 3.80. The number of nitrogens with two attached hydrogens (primary N) is 1. The maximum Gasteiger partial charge on any atom is 0.181 e. The summed E-state index contributed by atoms with van der Waals surface area (Å²) in [6.07, 6.45) is 3.10. The largest absolute Gasteiger partial charge is 0.341 e. The first-order valence-electron chi connectivity index (χ1n) is 5.59. The van der Waals surface area contributed by atoms with Gasteiger partial charge in [-0.1, -0.05) is 29.4 Å². The first-order chi connectivity index (χ1) is 9.29. The molecule has 5 nitrogen and oxygen atoms in total. The highest BCUT2D eigenvalue weighted by Gasteiger charge is 2.11. The van der Waals surface area contributed by atoms with Crippen molar-refractivity contribution in [1.82, 2.24) is 19.9 Å². The van der Waals surface area contributed by atoms with Crippen molar-refractivity contribution in [2.45, 2.75) is 16.5 Å². The molecule has 0 atom stereocenters. The SMILES string of the molecule is NCc1c(Cl)cccc1Sc1ncnc2nc[nH]c12. The van der Waals surface area contributed by atoms with Crippen molar-refractivity contribution < 1.29 is 0 Å². The lowest BCUT2D eigenvalue weighted by Crippen LogP contribution is -1.99. The van der Waals surface area contributed by atoms with Crippen molar-refractivity contribution in [2.75, 3.05) is 0 Å². The van der Waals surface area contributed by atoms with E-state index < -0.39 is 0 Å². The molecule has 2 aromatic heterocycles. The fraction of sp³-hybridized carbons (Fsp3) is 0.0833. The number of hydrogen-bond donors (Lipinski definition) is 2. The van der Waals surface area contributed by atoms with Crippen LogP contribution in [0.4, 0.5) is 0 Å². The summed E-state index contributed by atoms with van der Waals surface area (Å²) in [6.45, 7) is 0.388. The zero-order valence-corrected chi connectivity index (χ0v) is 11.4.